The minimum Gasteiger partial charge on any atom is -0.446 e. The molecule has 0 aromatic rings. The highest BCUT2D eigenvalue weighted by Gasteiger charge is 2.32. The second-order valence-corrected chi connectivity index (χ2v) is 7.34. The molecule has 1 aliphatic carbocycles. The summed E-state index contributed by atoms with van der Waals surface area (Å²) in [4.78, 5) is 11.3. The van der Waals surface area contributed by atoms with Crippen molar-refractivity contribution in [1.29, 1.82) is 0 Å². The van der Waals surface area contributed by atoms with Crippen molar-refractivity contribution >= 4 is 27.9 Å². The molecule has 0 aromatic heterocycles. The van der Waals surface area contributed by atoms with Gasteiger partial charge in [-0.25, -0.2) is 9.52 Å². The van der Waals surface area contributed by atoms with E-state index in [-0.39, 0.29) is 18.1 Å². The molecule has 0 spiro atoms. The summed E-state index contributed by atoms with van der Waals surface area (Å²) in [6.45, 7) is 3.52. The zero-order valence-electron chi connectivity index (χ0n) is 11.9. The first-order valence-corrected chi connectivity index (χ1v) is 8.84. The fraction of sp³-hybridized carbons (Fsp3) is 0.917. The van der Waals surface area contributed by atoms with Gasteiger partial charge in [-0.05, 0) is 32.1 Å². The van der Waals surface area contributed by atoms with E-state index in [1.54, 1.807) is 13.8 Å². The summed E-state index contributed by atoms with van der Waals surface area (Å²) in [5, 5.41) is 0. The molecule has 1 rings (SSSR count). The van der Waals surface area contributed by atoms with E-state index >= 15 is 0 Å². The minimum atomic E-state index is -3.91. The Morgan fingerprint density at radius 2 is 1.90 bits per heavy atom. The fourth-order valence-electron chi connectivity index (χ4n) is 2.29. The van der Waals surface area contributed by atoms with Crippen molar-refractivity contribution in [3.8, 4) is 0 Å². The molecule has 0 aliphatic heterocycles. The molecule has 6 nitrogen and oxygen atoms in total. The van der Waals surface area contributed by atoms with Gasteiger partial charge in [0.05, 0.1) is 6.10 Å². The first-order valence-electron chi connectivity index (χ1n) is 6.83. The average Bonchev–Trinajstić information content (AvgIpc) is 2.36. The van der Waals surface area contributed by atoms with Crippen molar-refractivity contribution in [3.05, 3.63) is 0 Å². The smallest absolute Gasteiger partial charge is 0.422 e. The number of rotatable bonds is 6. The van der Waals surface area contributed by atoms with E-state index in [1.165, 1.54) is 0 Å². The van der Waals surface area contributed by atoms with Crippen LogP contribution in [0.3, 0.4) is 0 Å². The molecular formula is C12H23ClN2O4S. The van der Waals surface area contributed by atoms with Crippen molar-refractivity contribution in [2.24, 2.45) is 5.41 Å². The van der Waals surface area contributed by atoms with Gasteiger partial charge >= 0.3 is 16.3 Å². The Hall–Kier alpha value is -0.530. The second-order valence-electron chi connectivity index (χ2n) is 5.57. The van der Waals surface area contributed by atoms with Crippen LogP contribution in [0.2, 0.25) is 0 Å². The molecule has 0 bridgehead atoms. The lowest BCUT2D eigenvalue weighted by Gasteiger charge is -2.35. The van der Waals surface area contributed by atoms with E-state index in [0.717, 1.165) is 32.1 Å². The lowest BCUT2D eigenvalue weighted by atomic mass is 9.76. The van der Waals surface area contributed by atoms with Gasteiger partial charge in [0.1, 0.15) is 0 Å². The highest BCUT2D eigenvalue weighted by molar-refractivity contribution is 7.88. The number of hydrogen-bond acceptors (Lipinski definition) is 4. The molecule has 2 N–H and O–H groups in total. The van der Waals surface area contributed by atoms with Crippen molar-refractivity contribution in [2.75, 3.05) is 12.4 Å². The van der Waals surface area contributed by atoms with E-state index in [0.29, 0.717) is 5.88 Å². The maximum Gasteiger partial charge on any atom is 0.422 e. The van der Waals surface area contributed by atoms with Crippen LogP contribution in [0, 0.1) is 5.41 Å². The van der Waals surface area contributed by atoms with Gasteiger partial charge in [0.25, 0.3) is 0 Å². The summed E-state index contributed by atoms with van der Waals surface area (Å²) >= 11 is 5.99. The van der Waals surface area contributed by atoms with Gasteiger partial charge in [-0.3, -0.25) is 0 Å². The minimum absolute atomic E-state index is 0.212. The third-order valence-corrected chi connectivity index (χ3v) is 4.92. The molecule has 8 heteroatoms. The predicted octanol–water partition coefficient (Wildman–Crippen LogP) is 2.14. The van der Waals surface area contributed by atoms with Crippen molar-refractivity contribution in [1.82, 2.24) is 9.44 Å². The Morgan fingerprint density at radius 1 is 1.30 bits per heavy atom. The van der Waals surface area contributed by atoms with Crippen molar-refractivity contribution < 1.29 is 17.9 Å². The van der Waals surface area contributed by atoms with Crippen LogP contribution in [0.15, 0.2) is 0 Å². The maximum absolute atomic E-state index is 11.8. The van der Waals surface area contributed by atoms with Gasteiger partial charge in [0.2, 0.25) is 0 Å². The number of carbonyl (C=O) groups excluding carboxylic acids is 1. The predicted molar refractivity (Wildman–Crippen MR) is 77.9 cm³/mol. The normalized spacial score (nSPS) is 18.8. The number of nitrogens with one attached hydrogen (secondary N) is 2. The summed E-state index contributed by atoms with van der Waals surface area (Å²) in [5.74, 6) is 0.409. The lowest BCUT2D eigenvalue weighted by molar-refractivity contribution is 0.121. The average molecular weight is 327 g/mol. The Bertz CT molecular complexity index is 419. The third kappa shape index (κ3) is 5.85. The Kier molecular flexibility index (Phi) is 6.54. The quantitative estimate of drug-likeness (QED) is 0.732. The van der Waals surface area contributed by atoms with Crippen LogP contribution in [0.25, 0.3) is 0 Å². The lowest BCUT2D eigenvalue weighted by Crippen LogP contribution is -2.46. The molecule has 0 radical (unpaired) electrons. The van der Waals surface area contributed by atoms with Crippen molar-refractivity contribution in [3.63, 3.8) is 0 Å². The Morgan fingerprint density at radius 3 is 2.40 bits per heavy atom. The van der Waals surface area contributed by atoms with Gasteiger partial charge in [0, 0.05) is 12.4 Å². The molecule has 20 heavy (non-hydrogen) atoms. The standard InChI is InChI=1S/C12H23ClN2O4S/c1-10(2)19-11(16)15-20(17,18)14-9-12(8-13)6-4-3-5-7-12/h10,14H,3-9H2,1-2H3,(H,15,16). The van der Waals surface area contributed by atoms with Crippen molar-refractivity contribution in [2.45, 2.75) is 52.1 Å². The highest BCUT2D eigenvalue weighted by atomic mass is 35.5. The number of halogens is 1. The van der Waals surface area contributed by atoms with E-state index in [4.69, 9.17) is 16.3 Å². The Balaban J connectivity index is 2.51. The molecule has 1 saturated carbocycles. The molecule has 0 unspecified atom stereocenters. The molecule has 118 valence electrons. The van der Waals surface area contributed by atoms with Crippen LogP contribution >= 0.6 is 11.6 Å². The van der Waals surface area contributed by atoms with Gasteiger partial charge < -0.3 is 4.74 Å². The first kappa shape index (κ1) is 17.5. The number of hydrogen-bond donors (Lipinski definition) is 2. The summed E-state index contributed by atoms with van der Waals surface area (Å²) in [6, 6.07) is 0. The number of ether oxygens (including phenoxy) is 1. The summed E-state index contributed by atoms with van der Waals surface area (Å²) in [7, 11) is -3.91. The summed E-state index contributed by atoms with van der Waals surface area (Å²) < 4.78 is 32.5. The third-order valence-electron chi connectivity index (χ3n) is 3.40. The Labute approximate surface area is 125 Å². The van der Waals surface area contributed by atoms with Crippen LogP contribution < -0.4 is 9.44 Å². The van der Waals surface area contributed by atoms with Gasteiger partial charge in [-0.1, -0.05) is 19.3 Å². The van der Waals surface area contributed by atoms with E-state index in [2.05, 4.69) is 4.72 Å². The van der Waals surface area contributed by atoms with E-state index in [9.17, 15) is 13.2 Å². The van der Waals surface area contributed by atoms with E-state index < -0.39 is 16.3 Å². The summed E-state index contributed by atoms with van der Waals surface area (Å²) in [5.41, 5.74) is -0.212. The van der Waals surface area contributed by atoms with Crippen LogP contribution in [0.1, 0.15) is 46.0 Å². The highest BCUT2D eigenvalue weighted by Crippen LogP contribution is 2.36. The molecule has 0 heterocycles. The van der Waals surface area contributed by atoms with Gasteiger partial charge in [-0.15, -0.1) is 11.6 Å². The zero-order valence-corrected chi connectivity index (χ0v) is 13.5. The molecule has 1 fully saturated rings. The van der Waals surface area contributed by atoms with Gasteiger partial charge in [0.15, 0.2) is 0 Å². The van der Waals surface area contributed by atoms with E-state index in [1.807, 2.05) is 4.72 Å². The molecule has 0 saturated heterocycles. The van der Waals surface area contributed by atoms with Gasteiger partial charge in [-0.2, -0.15) is 13.1 Å². The van der Waals surface area contributed by atoms with Crippen LogP contribution in [-0.2, 0) is 14.9 Å². The number of alkyl halides is 1. The molecule has 0 atom stereocenters. The number of carbonyl (C=O) groups is 1. The topological polar surface area (TPSA) is 84.5 Å². The van der Waals surface area contributed by atoms with Crippen LogP contribution in [0.5, 0.6) is 0 Å². The largest absolute Gasteiger partial charge is 0.446 e. The summed E-state index contributed by atoms with van der Waals surface area (Å²) in [6.07, 6.45) is 3.71. The number of amides is 1. The molecule has 1 aliphatic rings. The van der Waals surface area contributed by atoms with Crippen LogP contribution in [-0.4, -0.2) is 33.0 Å². The molecule has 0 aromatic carbocycles. The monoisotopic (exact) mass is 326 g/mol. The zero-order chi connectivity index (χ0) is 15.2. The molecular weight excluding hydrogens is 304 g/mol. The maximum atomic E-state index is 11.8. The second kappa shape index (κ2) is 7.47. The SMILES string of the molecule is CC(C)OC(=O)NS(=O)(=O)NCC1(CCl)CCCCC1. The first-order chi connectivity index (χ1) is 9.29. The molecule has 1 amide bonds. The van der Waals surface area contributed by atoms with Crippen LogP contribution in [0.4, 0.5) is 4.79 Å². The fourth-order valence-corrected chi connectivity index (χ4v) is 3.49.